The topological polar surface area (TPSA) is 52.8 Å². The van der Waals surface area contributed by atoms with Crippen LogP contribution in [0.25, 0.3) is 0 Å². The van der Waals surface area contributed by atoms with E-state index in [1.54, 1.807) is 12.4 Å². The van der Waals surface area contributed by atoms with Crippen LogP contribution in [0.2, 0.25) is 0 Å². The van der Waals surface area contributed by atoms with Gasteiger partial charge in [0, 0.05) is 6.54 Å². The molecule has 0 aliphatic carbocycles. The molecule has 0 amide bonds. The van der Waals surface area contributed by atoms with Crippen LogP contribution in [0.4, 0.5) is 5.82 Å². The number of benzene rings is 1. The van der Waals surface area contributed by atoms with E-state index in [1.165, 1.54) is 16.7 Å². The van der Waals surface area contributed by atoms with E-state index in [-0.39, 0.29) is 0 Å². The third kappa shape index (κ3) is 2.59. The van der Waals surface area contributed by atoms with Crippen LogP contribution in [-0.2, 0) is 0 Å². The Bertz CT molecular complexity index is 685. The molecule has 0 spiro atoms. The fourth-order valence-corrected chi connectivity index (χ4v) is 3.01. The third-order valence-corrected chi connectivity index (χ3v) is 4.09. The molecule has 1 atom stereocenters. The predicted octanol–water partition coefficient (Wildman–Crippen LogP) is 3.31. The van der Waals surface area contributed by atoms with Gasteiger partial charge in [-0.1, -0.05) is 23.8 Å². The van der Waals surface area contributed by atoms with Crippen molar-refractivity contribution in [3.8, 4) is 6.07 Å². The smallest absolute Gasteiger partial charge is 0.158 e. The Kier molecular flexibility index (Phi) is 3.57. The van der Waals surface area contributed by atoms with Crippen LogP contribution in [0.3, 0.4) is 0 Å². The molecule has 3 rings (SSSR count). The van der Waals surface area contributed by atoms with E-state index >= 15 is 0 Å². The lowest BCUT2D eigenvalue weighted by Gasteiger charge is -2.27. The van der Waals surface area contributed by atoms with Gasteiger partial charge in [-0.05, 0) is 37.8 Å². The lowest BCUT2D eigenvalue weighted by molar-refractivity contribution is 0.704. The van der Waals surface area contributed by atoms with Gasteiger partial charge in [0.25, 0.3) is 0 Å². The summed E-state index contributed by atoms with van der Waals surface area (Å²) < 4.78 is 0. The maximum absolute atomic E-state index is 8.82. The standard InChI is InChI=1S/C17H18N4/c1-12-5-6-13(2)15(8-12)16-4-3-7-21(16)17-11-19-14(9-18)10-20-17/h5-6,8,10-11,16H,3-4,7H2,1-2H3. The van der Waals surface area contributed by atoms with Crippen molar-refractivity contribution in [3.05, 3.63) is 53.0 Å². The zero-order valence-electron chi connectivity index (χ0n) is 12.4. The molecule has 0 bridgehead atoms. The summed E-state index contributed by atoms with van der Waals surface area (Å²) in [6.45, 7) is 5.28. The van der Waals surface area contributed by atoms with E-state index in [1.807, 2.05) is 6.07 Å². The first-order chi connectivity index (χ1) is 10.2. The fraction of sp³-hybridized carbons (Fsp3) is 0.353. The molecule has 1 aliphatic heterocycles. The molecule has 1 fully saturated rings. The van der Waals surface area contributed by atoms with Crippen molar-refractivity contribution in [1.29, 1.82) is 5.26 Å². The van der Waals surface area contributed by atoms with Crippen molar-refractivity contribution in [2.75, 3.05) is 11.4 Å². The van der Waals surface area contributed by atoms with Gasteiger partial charge < -0.3 is 4.90 Å². The van der Waals surface area contributed by atoms with Gasteiger partial charge in [0.2, 0.25) is 0 Å². The summed E-state index contributed by atoms with van der Waals surface area (Å²) >= 11 is 0. The number of hydrogen-bond donors (Lipinski definition) is 0. The monoisotopic (exact) mass is 278 g/mol. The maximum atomic E-state index is 8.82. The molecule has 21 heavy (non-hydrogen) atoms. The Morgan fingerprint density at radius 1 is 1.24 bits per heavy atom. The average molecular weight is 278 g/mol. The normalized spacial score (nSPS) is 17.8. The van der Waals surface area contributed by atoms with E-state index in [2.05, 4.69) is 46.9 Å². The van der Waals surface area contributed by atoms with Crippen molar-refractivity contribution in [1.82, 2.24) is 9.97 Å². The highest BCUT2D eigenvalue weighted by Gasteiger charge is 2.28. The van der Waals surface area contributed by atoms with Gasteiger partial charge in [-0.25, -0.2) is 9.97 Å². The quantitative estimate of drug-likeness (QED) is 0.845. The molecule has 2 heterocycles. The van der Waals surface area contributed by atoms with Gasteiger partial charge in [-0.15, -0.1) is 0 Å². The van der Waals surface area contributed by atoms with Crippen molar-refractivity contribution >= 4 is 5.82 Å². The average Bonchev–Trinajstić information content (AvgIpc) is 2.99. The molecule has 4 nitrogen and oxygen atoms in total. The Balaban J connectivity index is 1.95. The van der Waals surface area contributed by atoms with Gasteiger partial charge in [0.15, 0.2) is 5.69 Å². The second kappa shape index (κ2) is 5.53. The Morgan fingerprint density at radius 3 is 2.81 bits per heavy atom. The minimum Gasteiger partial charge on any atom is -0.348 e. The number of aromatic nitrogens is 2. The van der Waals surface area contributed by atoms with E-state index in [9.17, 15) is 0 Å². The Labute approximate surface area is 125 Å². The van der Waals surface area contributed by atoms with Crippen LogP contribution in [0.1, 0.15) is 41.3 Å². The molecule has 0 radical (unpaired) electrons. The largest absolute Gasteiger partial charge is 0.348 e. The van der Waals surface area contributed by atoms with Crippen molar-refractivity contribution in [2.45, 2.75) is 32.7 Å². The van der Waals surface area contributed by atoms with Crippen LogP contribution in [0.15, 0.2) is 30.6 Å². The van der Waals surface area contributed by atoms with Crippen LogP contribution in [0.5, 0.6) is 0 Å². The van der Waals surface area contributed by atoms with E-state index in [0.717, 1.165) is 25.2 Å². The van der Waals surface area contributed by atoms with Crippen molar-refractivity contribution in [2.24, 2.45) is 0 Å². The zero-order chi connectivity index (χ0) is 14.8. The molecule has 1 aliphatic rings. The number of hydrogen-bond acceptors (Lipinski definition) is 4. The fourth-order valence-electron chi connectivity index (χ4n) is 3.01. The second-order valence-corrected chi connectivity index (χ2v) is 5.58. The van der Waals surface area contributed by atoms with Crippen LogP contribution in [0, 0.1) is 25.2 Å². The summed E-state index contributed by atoms with van der Waals surface area (Å²) in [5.41, 5.74) is 4.34. The molecular weight excluding hydrogens is 260 g/mol. The molecule has 2 aromatic rings. The molecule has 106 valence electrons. The minimum atomic E-state index is 0.354. The first kappa shape index (κ1) is 13.6. The van der Waals surface area contributed by atoms with Crippen molar-refractivity contribution < 1.29 is 0 Å². The lowest BCUT2D eigenvalue weighted by atomic mass is 9.97. The number of rotatable bonds is 2. The summed E-state index contributed by atoms with van der Waals surface area (Å²) in [4.78, 5) is 10.8. The van der Waals surface area contributed by atoms with E-state index in [0.29, 0.717) is 11.7 Å². The van der Waals surface area contributed by atoms with Crippen LogP contribution < -0.4 is 4.90 Å². The number of anilines is 1. The second-order valence-electron chi connectivity index (χ2n) is 5.58. The Hall–Kier alpha value is -2.41. The predicted molar refractivity (Wildman–Crippen MR) is 82.0 cm³/mol. The first-order valence-corrected chi connectivity index (χ1v) is 7.25. The zero-order valence-corrected chi connectivity index (χ0v) is 12.4. The third-order valence-electron chi connectivity index (χ3n) is 4.09. The van der Waals surface area contributed by atoms with Crippen molar-refractivity contribution in [3.63, 3.8) is 0 Å². The molecule has 1 unspecified atom stereocenters. The molecular formula is C17H18N4. The van der Waals surface area contributed by atoms with E-state index in [4.69, 9.17) is 5.26 Å². The lowest BCUT2D eigenvalue weighted by Crippen LogP contribution is -2.24. The van der Waals surface area contributed by atoms with E-state index < -0.39 is 0 Å². The summed E-state index contributed by atoms with van der Waals surface area (Å²) in [5, 5.41) is 8.82. The highest BCUT2D eigenvalue weighted by molar-refractivity contribution is 5.45. The molecule has 0 N–H and O–H groups in total. The van der Waals surface area contributed by atoms with Gasteiger partial charge in [0.1, 0.15) is 11.9 Å². The molecule has 1 saturated heterocycles. The number of nitrogens with zero attached hydrogens (tertiary/aromatic N) is 4. The molecule has 4 heteroatoms. The molecule has 0 saturated carbocycles. The van der Waals surface area contributed by atoms with Gasteiger partial charge >= 0.3 is 0 Å². The van der Waals surface area contributed by atoms with Crippen LogP contribution in [-0.4, -0.2) is 16.5 Å². The summed E-state index contributed by atoms with van der Waals surface area (Å²) in [6.07, 6.45) is 5.54. The summed E-state index contributed by atoms with van der Waals surface area (Å²) in [5.74, 6) is 0.859. The first-order valence-electron chi connectivity index (χ1n) is 7.25. The number of aryl methyl sites for hydroxylation is 2. The maximum Gasteiger partial charge on any atom is 0.158 e. The highest BCUT2D eigenvalue weighted by atomic mass is 15.2. The molecule has 1 aromatic heterocycles. The summed E-state index contributed by atoms with van der Waals surface area (Å²) in [6, 6.07) is 8.98. The van der Waals surface area contributed by atoms with Gasteiger partial charge in [0.05, 0.1) is 18.4 Å². The highest BCUT2D eigenvalue weighted by Crippen LogP contribution is 2.36. The Morgan fingerprint density at radius 2 is 2.10 bits per heavy atom. The van der Waals surface area contributed by atoms with Gasteiger partial charge in [-0.2, -0.15) is 5.26 Å². The summed E-state index contributed by atoms with van der Waals surface area (Å²) in [7, 11) is 0. The van der Waals surface area contributed by atoms with Gasteiger partial charge in [-0.3, -0.25) is 0 Å². The minimum absolute atomic E-state index is 0.354. The molecule has 1 aromatic carbocycles. The number of nitriles is 1. The SMILES string of the molecule is Cc1ccc(C)c(C2CCCN2c2cnc(C#N)cn2)c1. The van der Waals surface area contributed by atoms with Crippen LogP contribution >= 0.6 is 0 Å².